The molecule has 0 aromatic carbocycles. The molecule has 0 atom stereocenters. The maximum atomic E-state index is 4.38. The van der Waals surface area contributed by atoms with Crippen LogP contribution in [-0.2, 0) is 0 Å². The molecule has 0 aliphatic rings. The quantitative estimate of drug-likeness (QED) is 0.519. The van der Waals surface area contributed by atoms with Crippen molar-refractivity contribution in [3.05, 3.63) is 0 Å². The molecule has 0 N–H and O–H groups in total. The minimum atomic E-state index is 0.177. The van der Waals surface area contributed by atoms with Crippen LogP contribution in [0.4, 0.5) is 0 Å². The van der Waals surface area contributed by atoms with Gasteiger partial charge < -0.3 is 0 Å². The molecule has 0 fully saturated rings. The first-order chi connectivity index (χ1) is 3.56. The normalized spacial score (nSPS) is 12.0. The first kappa shape index (κ1) is 7.96. The highest BCUT2D eigenvalue weighted by atomic mass is 14.9. The van der Waals surface area contributed by atoms with Gasteiger partial charge in [0.2, 0.25) is 0 Å². The highest BCUT2D eigenvalue weighted by molar-refractivity contribution is 4.68. The maximum Gasteiger partial charge on any atom is 0.0272 e. The summed E-state index contributed by atoms with van der Waals surface area (Å²) in [5.41, 5.74) is 0.177. The van der Waals surface area contributed by atoms with Crippen LogP contribution in [0.25, 0.3) is 0 Å². The Labute approximate surface area is 52.5 Å². The molecule has 0 saturated heterocycles. The molecule has 8 heavy (non-hydrogen) atoms. The van der Waals surface area contributed by atoms with Crippen LogP contribution in [0, 0.1) is 0 Å². The highest BCUT2D eigenvalue weighted by Gasteiger charge is 2.07. The first-order valence-electron chi connectivity index (χ1n) is 3.25. The molecule has 0 unspecified atom stereocenters. The smallest absolute Gasteiger partial charge is 0.0272 e. The summed E-state index contributed by atoms with van der Waals surface area (Å²) >= 11 is 0. The second kappa shape index (κ2) is 3.08. The number of hydrogen-bond donors (Lipinski definition) is 0. The van der Waals surface area contributed by atoms with Gasteiger partial charge in [-0.05, 0) is 27.2 Å². The van der Waals surface area contributed by atoms with Crippen molar-refractivity contribution in [2.24, 2.45) is 0 Å². The van der Waals surface area contributed by atoms with E-state index in [-0.39, 0.29) is 5.54 Å². The second-order valence-corrected chi connectivity index (χ2v) is 3.05. The van der Waals surface area contributed by atoms with Gasteiger partial charge in [-0.2, -0.15) is 0 Å². The van der Waals surface area contributed by atoms with E-state index in [1.807, 2.05) is 0 Å². The van der Waals surface area contributed by atoms with Crippen LogP contribution in [0.3, 0.4) is 0 Å². The van der Waals surface area contributed by atoms with E-state index in [9.17, 15) is 0 Å². The van der Waals surface area contributed by atoms with Crippen LogP contribution in [-0.4, -0.2) is 12.1 Å². The van der Waals surface area contributed by atoms with E-state index in [1.54, 1.807) is 0 Å². The summed E-state index contributed by atoms with van der Waals surface area (Å²) in [6.07, 6.45) is 1.16. The number of rotatable bonds is 2. The van der Waals surface area contributed by atoms with Crippen molar-refractivity contribution in [3.63, 3.8) is 0 Å². The van der Waals surface area contributed by atoms with E-state index in [4.69, 9.17) is 0 Å². The minimum Gasteiger partial charge on any atom is -0.236 e. The van der Waals surface area contributed by atoms with Crippen molar-refractivity contribution >= 4 is 0 Å². The lowest BCUT2D eigenvalue weighted by Gasteiger charge is -2.16. The molecule has 0 heterocycles. The average molecular weight is 114 g/mol. The molecule has 0 spiro atoms. The fraction of sp³-hybridized carbons (Fsp3) is 1.00. The maximum absolute atomic E-state index is 4.38. The topological polar surface area (TPSA) is 14.1 Å². The van der Waals surface area contributed by atoms with E-state index in [1.165, 1.54) is 0 Å². The van der Waals surface area contributed by atoms with Crippen molar-refractivity contribution in [1.29, 1.82) is 0 Å². The van der Waals surface area contributed by atoms with Crippen LogP contribution < -0.4 is 5.32 Å². The van der Waals surface area contributed by atoms with Gasteiger partial charge in [-0.25, -0.2) is 5.32 Å². The molecule has 0 aromatic rings. The van der Waals surface area contributed by atoms with Gasteiger partial charge >= 0.3 is 0 Å². The predicted octanol–water partition coefficient (Wildman–Crippen LogP) is 1.80. The van der Waals surface area contributed by atoms with Crippen molar-refractivity contribution in [3.8, 4) is 0 Å². The molecule has 0 amide bonds. The van der Waals surface area contributed by atoms with E-state index in [0.29, 0.717) is 0 Å². The monoisotopic (exact) mass is 114 g/mol. The standard InChI is InChI=1S/C7H16N/c1-5-6-8-7(2,3)4/h5-6H2,1-4H3. The molecule has 0 bridgehead atoms. The minimum absolute atomic E-state index is 0.177. The van der Waals surface area contributed by atoms with Gasteiger partial charge in [0.25, 0.3) is 0 Å². The van der Waals surface area contributed by atoms with E-state index in [0.717, 1.165) is 13.0 Å². The summed E-state index contributed by atoms with van der Waals surface area (Å²) < 4.78 is 0. The molecule has 0 rings (SSSR count). The average Bonchev–Trinajstić information content (AvgIpc) is 1.59. The lowest BCUT2D eigenvalue weighted by molar-refractivity contribution is 0.416. The zero-order valence-electron chi connectivity index (χ0n) is 6.36. The largest absolute Gasteiger partial charge is 0.236 e. The van der Waals surface area contributed by atoms with E-state index in [2.05, 4.69) is 33.0 Å². The summed E-state index contributed by atoms with van der Waals surface area (Å²) in [6.45, 7) is 9.53. The molecule has 49 valence electrons. The van der Waals surface area contributed by atoms with Gasteiger partial charge in [0, 0.05) is 12.1 Å². The Morgan fingerprint density at radius 3 is 1.88 bits per heavy atom. The Kier molecular flexibility index (Phi) is 3.06. The summed E-state index contributed by atoms with van der Waals surface area (Å²) in [6, 6.07) is 0. The van der Waals surface area contributed by atoms with Crippen LogP contribution in [0.15, 0.2) is 0 Å². The zero-order chi connectivity index (χ0) is 6.62. The summed E-state index contributed by atoms with van der Waals surface area (Å²) in [5, 5.41) is 4.38. The fourth-order valence-electron chi connectivity index (χ4n) is 0.447. The Balaban J connectivity index is 3.11. The fourth-order valence-corrected chi connectivity index (χ4v) is 0.447. The molecular weight excluding hydrogens is 98.1 g/mol. The number of hydrogen-bond acceptors (Lipinski definition) is 0. The van der Waals surface area contributed by atoms with Crippen LogP contribution in [0.1, 0.15) is 34.1 Å². The van der Waals surface area contributed by atoms with Gasteiger partial charge in [-0.15, -0.1) is 0 Å². The molecule has 1 radical (unpaired) electrons. The summed E-state index contributed by atoms with van der Waals surface area (Å²) in [5.74, 6) is 0. The molecule has 0 saturated carbocycles. The first-order valence-corrected chi connectivity index (χ1v) is 3.25. The van der Waals surface area contributed by atoms with Crippen LogP contribution >= 0.6 is 0 Å². The molecule has 0 aliphatic carbocycles. The lowest BCUT2D eigenvalue weighted by Crippen LogP contribution is -2.29. The van der Waals surface area contributed by atoms with Crippen molar-refractivity contribution in [2.75, 3.05) is 6.54 Å². The Bertz CT molecular complexity index is 51.9. The highest BCUT2D eigenvalue weighted by Crippen LogP contribution is 1.99. The van der Waals surface area contributed by atoms with Gasteiger partial charge in [0.15, 0.2) is 0 Å². The van der Waals surface area contributed by atoms with Crippen LogP contribution in [0.2, 0.25) is 0 Å². The van der Waals surface area contributed by atoms with E-state index >= 15 is 0 Å². The van der Waals surface area contributed by atoms with Crippen molar-refractivity contribution < 1.29 is 0 Å². The number of nitrogens with zero attached hydrogens (tertiary/aromatic N) is 1. The molecule has 1 nitrogen and oxygen atoms in total. The molecule has 0 aliphatic heterocycles. The third-order valence-electron chi connectivity index (χ3n) is 0.810. The predicted molar refractivity (Wildman–Crippen MR) is 37.0 cm³/mol. The SMILES string of the molecule is CCC[N]C(C)(C)C. The van der Waals surface area contributed by atoms with E-state index < -0.39 is 0 Å². The third-order valence-corrected chi connectivity index (χ3v) is 0.810. The summed E-state index contributed by atoms with van der Waals surface area (Å²) in [7, 11) is 0. The van der Waals surface area contributed by atoms with Crippen molar-refractivity contribution in [2.45, 2.75) is 39.7 Å². The Morgan fingerprint density at radius 1 is 1.25 bits per heavy atom. The Morgan fingerprint density at radius 2 is 1.75 bits per heavy atom. The third kappa shape index (κ3) is 5.96. The second-order valence-electron chi connectivity index (χ2n) is 3.05. The van der Waals surface area contributed by atoms with Crippen LogP contribution in [0.5, 0.6) is 0 Å². The van der Waals surface area contributed by atoms with Crippen molar-refractivity contribution in [1.82, 2.24) is 5.32 Å². The molecule has 0 aromatic heterocycles. The summed E-state index contributed by atoms with van der Waals surface area (Å²) in [4.78, 5) is 0. The zero-order valence-corrected chi connectivity index (χ0v) is 6.36. The molecule has 1 heteroatoms. The molecular formula is C7H16N. The van der Waals surface area contributed by atoms with Gasteiger partial charge in [-0.1, -0.05) is 6.92 Å². The lowest BCUT2D eigenvalue weighted by atomic mass is 10.1. The Hall–Kier alpha value is -0.0400. The van der Waals surface area contributed by atoms with Gasteiger partial charge in [-0.3, -0.25) is 0 Å². The van der Waals surface area contributed by atoms with Gasteiger partial charge in [0.05, 0.1) is 0 Å². The van der Waals surface area contributed by atoms with Gasteiger partial charge in [0.1, 0.15) is 0 Å².